The summed E-state index contributed by atoms with van der Waals surface area (Å²) in [6.45, 7) is 3.63. The topological polar surface area (TPSA) is 143 Å². The van der Waals surface area contributed by atoms with Crippen molar-refractivity contribution in [3.63, 3.8) is 0 Å². The lowest BCUT2D eigenvalue weighted by Crippen LogP contribution is -2.53. The van der Waals surface area contributed by atoms with E-state index < -0.39 is 6.10 Å². The molecule has 1 saturated carbocycles. The maximum atomic E-state index is 12.7. The molecular formula is C22H30N8O4. The van der Waals surface area contributed by atoms with Gasteiger partial charge in [0.25, 0.3) is 0 Å². The molecular weight excluding hydrogens is 440 g/mol. The first kappa shape index (κ1) is 22.5. The lowest BCUT2D eigenvalue weighted by atomic mass is 9.88. The van der Waals surface area contributed by atoms with Crippen molar-refractivity contribution in [3.05, 3.63) is 18.5 Å². The monoisotopic (exact) mass is 470 g/mol. The third-order valence-electron chi connectivity index (χ3n) is 6.59. The number of carbonyl (C=O) groups is 1. The normalized spacial score (nSPS) is 24.6. The predicted molar refractivity (Wildman–Crippen MR) is 123 cm³/mol. The molecule has 2 saturated heterocycles. The number of likely N-dealkylation sites (tertiary alicyclic amines) is 1. The van der Waals surface area contributed by atoms with Gasteiger partial charge in [0.05, 0.1) is 25.0 Å². The van der Waals surface area contributed by atoms with Gasteiger partial charge in [-0.3, -0.25) is 0 Å². The van der Waals surface area contributed by atoms with Crippen LogP contribution in [0.3, 0.4) is 0 Å². The molecule has 0 radical (unpaired) electrons. The molecule has 4 heterocycles. The number of nitrogens with zero attached hydrogens (tertiary/aromatic N) is 7. The van der Waals surface area contributed by atoms with E-state index in [1.165, 1.54) is 0 Å². The average Bonchev–Trinajstić information content (AvgIpc) is 3.27. The van der Waals surface area contributed by atoms with Crippen LogP contribution in [-0.4, -0.2) is 106 Å². The third-order valence-corrected chi connectivity index (χ3v) is 6.59. The summed E-state index contributed by atoms with van der Waals surface area (Å²) >= 11 is 0. The van der Waals surface area contributed by atoms with Crippen LogP contribution in [0.4, 0.5) is 16.7 Å². The fourth-order valence-electron chi connectivity index (χ4n) is 4.41. The van der Waals surface area contributed by atoms with Crippen molar-refractivity contribution >= 4 is 17.9 Å². The zero-order valence-corrected chi connectivity index (χ0v) is 19.2. The Hall–Kier alpha value is -3.25. The van der Waals surface area contributed by atoms with Crippen molar-refractivity contribution in [2.75, 3.05) is 57.1 Å². The molecule has 12 heteroatoms. The highest BCUT2D eigenvalue weighted by Crippen LogP contribution is 2.32. The van der Waals surface area contributed by atoms with Gasteiger partial charge in [0, 0.05) is 76.1 Å². The molecule has 0 spiro atoms. The summed E-state index contributed by atoms with van der Waals surface area (Å²) in [5, 5.41) is 9.71. The van der Waals surface area contributed by atoms with E-state index in [4.69, 9.17) is 20.2 Å². The minimum Gasteiger partial charge on any atom is -0.474 e. The van der Waals surface area contributed by atoms with Crippen LogP contribution in [-0.2, 0) is 4.74 Å². The summed E-state index contributed by atoms with van der Waals surface area (Å²) in [5.41, 5.74) is 7.01. The number of anilines is 2. The van der Waals surface area contributed by atoms with E-state index in [0.29, 0.717) is 63.3 Å². The number of β-amino-alcohol motifs (C(OH)–C–C–N with tert-alkyl or cyclic N) is 1. The minimum atomic E-state index is -0.422. The molecule has 0 bridgehead atoms. The summed E-state index contributed by atoms with van der Waals surface area (Å²) in [6, 6.07) is 1.84. The molecule has 12 nitrogen and oxygen atoms in total. The smallest absolute Gasteiger partial charge is 0.320 e. The van der Waals surface area contributed by atoms with Crippen LogP contribution in [0.15, 0.2) is 18.5 Å². The van der Waals surface area contributed by atoms with E-state index in [-0.39, 0.29) is 24.1 Å². The van der Waals surface area contributed by atoms with Gasteiger partial charge in [-0.1, -0.05) is 0 Å². The highest BCUT2D eigenvalue weighted by atomic mass is 16.5. The Labute approximate surface area is 197 Å². The number of aliphatic hydroxyl groups is 1. The highest BCUT2D eigenvalue weighted by Gasteiger charge is 2.38. The van der Waals surface area contributed by atoms with Crippen LogP contribution in [0.5, 0.6) is 5.88 Å². The molecule has 3 N–H and O–H groups in total. The predicted octanol–water partition coefficient (Wildman–Crippen LogP) is 0.381. The fraction of sp³-hybridized carbons (Fsp3) is 0.591. The van der Waals surface area contributed by atoms with Gasteiger partial charge in [-0.25, -0.2) is 19.7 Å². The minimum absolute atomic E-state index is 0.0396. The maximum absolute atomic E-state index is 12.7. The number of amides is 2. The molecule has 2 amide bonds. The van der Waals surface area contributed by atoms with Crippen LogP contribution in [0.2, 0.25) is 0 Å². The fourth-order valence-corrected chi connectivity index (χ4v) is 4.41. The molecule has 2 aromatic heterocycles. The average molecular weight is 471 g/mol. The van der Waals surface area contributed by atoms with E-state index in [1.807, 2.05) is 7.05 Å². The molecule has 1 aliphatic carbocycles. The molecule has 182 valence electrons. The van der Waals surface area contributed by atoms with E-state index >= 15 is 0 Å². The number of aromatic nitrogens is 4. The number of nitrogen functional groups attached to an aromatic ring is 1. The number of hydrogen-bond donors (Lipinski definition) is 2. The Morgan fingerprint density at radius 3 is 2.62 bits per heavy atom. The van der Waals surface area contributed by atoms with Gasteiger partial charge in [0.2, 0.25) is 17.8 Å². The summed E-state index contributed by atoms with van der Waals surface area (Å²) in [4.78, 5) is 35.7. The Balaban J connectivity index is 1.27. The van der Waals surface area contributed by atoms with Crippen molar-refractivity contribution in [3.8, 4) is 17.1 Å². The number of hydrogen-bond acceptors (Lipinski definition) is 10. The standard InChI is InChI=1S/C22H30N8O4/c1-28(22(32)30-3-2-16(31)13-30)15-8-17(9-15)34-19-10-18(14-11-24-20(23)25-12-14)26-21(27-19)29-4-6-33-7-5-29/h10-12,15-17,31H,2-9,13H2,1H3,(H2,23,24,25)/t15?,16-,17?/m1/s1. The van der Waals surface area contributed by atoms with Crippen molar-refractivity contribution < 1.29 is 19.4 Å². The highest BCUT2D eigenvalue weighted by molar-refractivity contribution is 5.75. The van der Waals surface area contributed by atoms with Crippen LogP contribution in [0.25, 0.3) is 11.3 Å². The lowest BCUT2D eigenvalue weighted by molar-refractivity contribution is 0.0334. The number of ether oxygens (including phenoxy) is 2. The maximum Gasteiger partial charge on any atom is 0.320 e. The Kier molecular flexibility index (Phi) is 6.33. The summed E-state index contributed by atoms with van der Waals surface area (Å²) in [5.74, 6) is 1.25. The second-order valence-corrected chi connectivity index (χ2v) is 8.97. The van der Waals surface area contributed by atoms with Crippen LogP contribution < -0.4 is 15.4 Å². The van der Waals surface area contributed by atoms with Crippen molar-refractivity contribution in [2.45, 2.75) is 37.5 Å². The first-order valence-electron chi connectivity index (χ1n) is 11.6. The van der Waals surface area contributed by atoms with Gasteiger partial charge in [0.15, 0.2) is 0 Å². The van der Waals surface area contributed by atoms with Crippen molar-refractivity contribution in [2.24, 2.45) is 0 Å². The number of aliphatic hydroxyl groups excluding tert-OH is 1. The lowest BCUT2D eigenvalue weighted by Gasteiger charge is -2.41. The number of morpholine rings is 1. The van der Waals surface area contributed by atoms with Gasteiger partial charge in [-0.05, 0) is 6.42 Å². The Bertz CT molecular complexity index is 1010. The van der Waals surface area contributed by atoms with Gasteiger partial charge in [-0.2, -0.15) is 4.98 Å². The number of rotatable bonds is 5. The molecule has 2 aliphatic heterocycles. The number of nitrogens with two attached hydrogens (primary N) is 1. The van der Waals surface area contributed by atoms with E-state index in [9.17, 15) is 9.90 Å². The molecule has 1 atom stereocenters. The van der Waals surface area contributed by atoms with Crippen LogP contribution >= 0.6 is 0 Å². The quantitative estimate of drug-likeness (QED) is 0.629. The second-order valence-electron chi connectivity index (χ2n) is 8.97. The number of carbonyl (C=O) groups excluding carboxylic acids is 1. The van der Waals surface area contributed by atoms with Crippen molar-refractivity contribution in [1.82, 2.24) is 29.7 Å². The summed E-state index contributed by atoms with van der Waals surface area (Å²) < 4.78 is 11.7. The van der Waals surface area contributed by atoms with Gasteiger partial charge in [0.1, 0.15) is 6.10 Å². The number of urea groups is 1. The molecule has 34 heavy (non-hydrogen) atoms. The zero-order valence-electron chi connectivity index (χ0n) is 19.2. The SMILES string of the molecule is CN(C(=O)N1CC[C@@H](O)C1)C1CC(Oc2cc(-c3cnc(N)nc3)nc(N3CCOCC3)n2)C1. The largest absolute Gasteiger partial charge is 0.474 e. The zero-order chi connectivity index (χ0) is 23.7. The molecule has 3 aliphatic rings. The van der Waals surface area contributed by atoms with Crippen LogP contribution in [0.1, 0.15) is 19.3 Å². The van der Waals surface area contributed by atoms with E-state index in [0.717, 1.165) is 18.4 Å². The van der Waals surface area contributed by atoms with Gasteiger partial charge >= 0.3 is 6.03 Å². The first-order chi connectivity index (χ1) is 16.5. The summed E-state index contributed by atoms with van der Waals surface area (Å²) in [7, 11) is 1.81. The molecule has 3 fully saturated rings. The molecule has 5 rings (SSSR count). The third kappa shape index (κ3) is 4.82. The van der Waals surface area contributed by atoms with Crippen LogP contribution in [0, 0.1) is 0 Å². The van der Waals surface area contributed by atoms with E-state index in [2.05, 4.69) is 19.9 Å². The molecule has 0 unspecified atom stereocenters. The van der Waals surface area contributed by atoms with E-state index in [1.54, 1.807) is 28.3 Å². The Morgan fingerprint density at radius 1 is 1.21 bits per heavy atom. The van der Waals surface area contributed by atoms with Crippen molar-refractivity contribution in [1.29, 1.82) is 0 Å². The van der Waals surface area contributed by atoms with Gasteiger partial charge < -0.3 is 35.0 Å². The second kappa shape index (κ2) is 9.55. The summed E-state index contributed by atoms with van der Waals surface area (Å²) in [6.07, 6.45) is 4.86. The first-order valence-corrected chi connectivity index (χ1v) is 11.6. The Morgan fingerprint density at radius 2 is 1.94 bits per heavy atom. The van der Waals surface area contributed by atoms with Gasteiger partial charge in [-0.15, -0.1) is 0 Å². The molecule has 2 aromatic rings. The molecule has 0 aromatic carbocycles.